The molecular formula is C30H21BrF3N3O5S2. The number of imide groups is 1. The average Bonchev–Trinajstić information content (AvgIpc) is 3.43. The number of methoxy groups -OCH3 is 1. The molecule has 1 N–H and O–H groups in total. The highest BCUT2D eigenvalue weighted by molar-refractivity contribution is 9.10. The molecule has 0 bridgehead atoms. The summed E-state index contributed by atoms with van der Waals surface area (Å²) in [5.74, 6) is -2.72. The topological polar surface area (TPSA) is 97.7 Å². The van der Waals surface area contributed by atoms with Crippen molar-refractivity contribution in [2.24, 2.45) is 5.92 Å². The Kier molecular flexibility index (Phi) is 7.92. The Bertz CT molecular complexity index is 1840. The number of fused-ring (bicyclic) bond motifs is 2. The maximum absolute atomic E-state index is 14.0. The Hall–Kier alpha value is -3.88. The fraction of sp³-hybridized carbons (Fsp3) is 0.200. The third kappa shape index (κ3) is 5.35. The summed E-state index contributed by atoms with van der Waals surface area (Å²) in [5.41, 5.74) is -0.395. The van der Waals surface area contributed by atoms with Gasteiger partial charge >= 0.3 is 11.0 Å². The lowest BCUT2D eigenvalue weighted by Crippen LogP contribution is -2.33. The van der Waals surface area contributed by atoms with Gasteiger partial charge in [-0.15, -0.1) is 0 Å². The number of para-hydroxylation sites is 1. The smallest absolute Gasteiger partial charge is 0.418 e. The SMILES string of the molecule is COc1ccc(C2c3sc(=O)n(CC(=O)Nc4ccccc4C(F)(F)F)c3SC3C(=O)N(c4ccc(Br)cc4)C(=O)C32)cc1. The molecule has 8 nitrogen and oxygen atoms in total. The summed E-state index contributed by atoms with van der Waals surface area (Å²) in [6.45, 7) is -0.588. The summed E-state index contributed by atoms with van der Waals surface area (Å²) in [4.78, 5) is 55.2. The van der Waals surface area contributed by atoms with Crippen molar-refractivity contribution in [1.29, 1.82) is 0 Å². The monoisotopic (exact) mass is 703 g/mol. The van der Waals surface area contributed by atoms with E-state index in [1.807, 2.05) is 0 Å². The molecule has 0 aliphatic carbocycles. The minimum atomic E-state index is -4.70. The number of hydrogen-bond donors (Lipinski definition) is 1. The van der Waals surface area contributed by atoms with E-state index in [1.165, 1.54) is 19.2 Å². The minimum absolute atomic E-state index is 0.320. The number of rotatable bonds is 6. The van der Waals surface area contributed by atoms with Crippen molar-refractivity contribution >= 4 is 68.1 Å². The second kappa shape index (κ2) is 11.6. The average molecular weight is 705 g/mol. The summed E-state index contributed by atoms with van der Waals surface area (Å²) in [6, 6.07) is 18.2. The van der Waals surface area contributed by atoms with Crippen molar-refractivity contribution in [1.82, 2.24) is 4.57 Å². The molecule has 1 saturated heterocycles. The molecular weight excluding hydrogens is 683 g/mol. The van der Waals surface area contributed by atoms with Crippen LogP contribution < -0.4 is 19.8 Å². The van der Waals surface area contributed by atoms with E-state index < -0.39 is 63.7 Å². The molecule has 3 amide bonds. The first-order valence-electron chi connectivity index (χ1n) is 13.1. The first-order valence-corrected chi connectivity index (χ1v) is 15.6. The molecule has 0 saturated carbocycles. The molecule has 1 fully saturated rings. The van der Waals surface area contributed by atoms with Gasteiger partial charge < -0.3 is 10.1 Å². The number of aromatic nitrogens is 1. The maximum Gasteiger partial charge on any atom is 0.418 e. The molecule has 44 heavy (non-hydrogen) atoms. The fourth-order valence-corrected chi connectivity index (χ4v) is 8.48. The molecule has 2 aliphatic heterocycles. The van der Waals surface area contributed by atoms with Gasteiger partial charge in [-0.3, -0.25) is 23.7 Å². The fourth-order valence-electron chi connectivity index (χ4n) is 5.44. The normalized spacial score (nSPS) is 19.5. The van der Waals surface area contributed by atoms with Crippen LogP contribution in [0.3, 0.4) is 0 Å². The quantitative estimate of drug-likeness (QED) is 0.243. The van der Waals surface area contributed by atoms with Gasteiger partial charge in [0.15, 0.2) is 0 Å². The first-order chi connectivity index (χ1) is 21.0. The number of anilines is 2. The van der Waals surface area contributed by atoms with Crippen LogP contribution in [0.15, 0.2) is 87.1 Å². The lowest BCUT2D eigenvalue weighted by molar-refractivity contribution is -0.137. The van der Waals surface area contributed by atoms with Crippen LogP contribution in [0.5, 0.6) is 5.75 Å². The van der Waals surface area contributed by atoms with Crippen LogP contribution in [0, 0.1) is 5.92 Å². The highest BCUT2D eigenvalue weighted by Gasteiger charge is 2.56. The maximum atomic E-state index is 14.0. The molecule has 2 aliphatic rings. The van der Waals surface area contributed by atoms with Crippen molar-refractivity contribution in [3.05, 3.63) is 103 Å². The number of thioether (sulfide) groups is 1. The Morgan fingerprint density at radius 3 is 2.32 bits per heavy atom. The minimum Gasteiger partial charge on any atom is -0.497 e. The van der Waals surface area contributed by atoms with E-state index in [1.54, 1.807) is 48.5 Å². The van der Waals surface area contributed by atoms with E-state index in [4.69, 9.17) is 4.74 Å². The second-order valence-corrected chi connectivity index (χ2v) is 13.1. The van der Waals surface area contributed by atoms with Gasteiger partial charge in [0.25, 0.3) is 0 Å². The molecule has 0 spiro atoms. The number of nitrogens with zero attached hydrogens (tertiary/aromatic N) is 2. The van der Waals surface area contributed by atoms with E-state index >= 15 is 0 Å². The second-order valence-electron chi connectivity index (χ2n) is 10.0. The van der Waals surface area contributed by atoms with Gasteiger partial charge in [0.05, 0.1) is 35.0 Å². The van der Waals surface area contributed by atoms with Crippen molar-refractivity contribution in [2.45, 2.75) is 28.9 Å². The number of hydrogen-bond acceptors (Lipinski definition) is 7. The predicted molar refractivity (Wildman–Crippen MR) is 163 cm³/mol. The zero-order chi connectivity index (χ0) is 31.3. The summed E-state index contributed by atoms with van der Waals surface area (Å²) >= 11 is 5.22. The highest BCUT2D eigenvalue weighted by atomic mass is 79.9. The zero-order valence-corrected chi connectivity index (χ0v) is 25.9. The summed E-state index contributed by atoms with van der Waals surface area (Å²) in [7, 11) is 1.51. The van der Waals surface area contributed by atoms with Crippen molar-refractivity contribution in [3.63, 3.8) is 0 Å². The number of benzene rings is 3. The number of carbonyl (C=O) groups excluding carboxylic acids is 3. The molecule has 3 aromatic carbocycles. The highest BCUT2D eigenvalue weighted by Crippen LogP contribution is 2.54. The Morgan fingerprint density at radius 1 is 0.977 bits per heavy atom. The third-order valence-electron chi connectivity index (χ3n) is 7.42. The van der Waals surface area contributed by atoms with Crippen molar-refractivity contribution in [2.75, 3.05) is 17.3 Å². The van der Waals surface area contributed by atoms with Crippen molar-refractivity contribution in [3.8, 4) is 5.75 Å². The molecule has 3 unspecified atom stereocenters. The number of halogens is 4. The molecule has 3 heterocycles. The Labute approximate surface area is 265 Å². The molecule has 0 radical (unpaired) electrons. The lowest BCUT2D eigenvalue weighted by Gasteiger charge is -2.30. The number of thiazole rings is 1. The van der Waals surface area contributed by atoms with Crippen molar-refractivity contribution < 1.29 is 32.3 Å². The Balaban J connectivity index is 1.40. The molecule has 4 aromatic rings. The van der Waals surface area contributed by atoms with Gasteiger partial charge in [0, 0.05) is 15.3 Å². The van der Waals surface area contributed by atoms with Crippen LogP contribution >= 0.6 is 39.0 Å². The van der Waals surface area contributed by atoms with Gasteiger partial charge in [-0.1, -0.05) is 63.3 Å². The van der Waals surface area contributed by atoms with Crippen LogP contribution in [0.2, 0.25) is 0 Å². The number of nitrogens with one attached hydrogen (secondary N) is 1. The number of ether oxygens (including phenoxy) is 1. The molecule has 3 atom stereocenters. The number of amides is 3. The van der Waals surface area contributed by atoms with E-state index in [0.29, 0.717) is 26.9 Å². The van der Waals surface area contributed by atoms with Crippen LogP contribution in [0.4, 0.5) is 24.5 Å². The van der Waals surface area contributed by atoms with E-state index in [9.17, 15) is 32.3 Å². The Morgan fingerprint density at radius 2 is 1.66 bits per heavy atom. The largest absolute Gasteiger partial charge is 0.497 e. The zero-order valence-electron chi connectivity index (χ0n) is 22.6. The molecule has 14 heteroatoms. The van der Waals surface area contributed by atoms with Gasteiger partial charge in [0.1, 0.15) is 17.5 Å². The standard InChI is InChI=1S/C30H21BrF3N3O5S2/c1-42-18-12-6-15(7-13-18)22-23-24(27(40)37(26(23)39)17-10-8-16(31)9-11-17)43-28-25(22)44-29(41)36(28)14-21(38)35-20-5-3-2-4-19(20)30(32,33)34/h2-13,22-24H,14H2,1H3,(H,35,38). The van der Waals surface area contributed by atoms with E-state index in [0.717, 1.165) is 49.2 Å². The molecule has 6 rings (SSSR count). The summed E-state index contributed by atoms with van der Waals surface area (Å²) < 4.78 is 47.7. The van der Waals surface area contributed by atoms with Crippen LogP contribution in [0.25, 0.3) is 0 Å². The number of carbonyl (C=O) groups is 3. The van der Waals surface area contributed by atoms with Gasteiger partial charge in [0.2, 0.25) is 17.7 Å². The van der Waals surface area contributed by atoms with Crippen LogP contribution in [-0.4, -0.2) is 34.6 Å². The van der Waals surface area contributed by atoms with Gasteiger partial charge in [-0.2, -0.15) is 13.2 Å². The first kappa shape index (κ1) is 30.2. The predicted octanol–water partition coefficient (Wildman–Crippen LogP) is 6.13. The summed E-state index contributed by atoms with van der Waals surface area (Å²) in [6.07, 6.45) is -4.70. The summed E-state index contributed by atoms with van der Waals surface area (Å²) in [5, 5.41) is 1.67. The van der Waals surface area contributed by atoms with Gasteiger partial charge in [-0.05, 0) is 54.1 Å². The molecule has 1 aromatic heterocycles. The van der Waals surface area contributed by atoms with Crippen LogP contribution in [0.1, 0.15) is 21.9 Å². The van der Waals surface area contributed by atoms with Gasteiger partial charge in [-0.25, -0.2) is 4.90 Å². The van der Waals surface area contributed by atoms with E-state index in [-0.39, 0.29) is 0 Å². The lowest BCUT2D eigenvalue weighted by atomic mass is 9.83. The third-order valence-corrected chi connectivity index (χ3v) is 10.5. The van der Waals surface area contributed by atoms with E-state index in [2.05, 4.69) is 21.2 Å². The number of alkyl halides is 3. The van der Waals surface area contributed by atoms with Crippen LogP contribution in [-0.2, 0) is 27.1 Å². The molecule has 226 valence electrons.